The Labute approximate surface area is 73.5 Å². The number of hydrogen-bond acceptors (Lipinski definition) is 3. The Morgan fingerprint density at radius 3 is 2.42 bits per heavy atom. The number of ether oxygens (including phenoxy) is 1. The molecule has 0 aliphatic rings. The van der Waals surface area contributed by atoms with Gasteiger partial charge in [0.1, 0.15) is 6.04 Å². The second-order valence-electron chi connectivity index (χ2n) is 3.17. The van der Waals surface area contributed by atoms with Crippen LogP contribution in [0.5, 0.6) is 0 Å². The predicted molar refractivity (Wildman–Crippen MR) is 47.7 cm³/mol. The van der Waals surface area contributed by atoms with Gasteiger partial charge in [-0.2, -0.15) is 0 Å². The summed E-state index contributed by atoms with van der Waals surface area (Å²) in [6, 6.07) is -0.372. The average Bonchev–Trinajstić information content (AvgIpc) is 1.96. The second kappa shape index (κ2) is 5.97. The molecular formula is C8H18N2O2. The van der Waals surface area contributed by atoms with Gasteiger partial charge in [0, 0.05) is 6.61 Å². The fourth-order valence-corrected chi connectivity index (χ4v) is 0.729. The molecular weight excluding hydrogens is 156 g/mol. The highest BCUT2D eigenvalue weighted by Gasteiger charge is 2.12. The third-order valence-corrected chi connectivity index (χ3v) is 1.43. The van der Waals surface area contributed by atoms with Crippen LogP contribution in [0.4, 0.5) is 0 Å². The summed E-state index contributed by atoms with van der Waals surface area (Å²) in [4.78, 5) is 10.7. The van der Waals surface area contributed by atoms with Crippen molar-refractivity contribution in [2.45, 2.75) is 19.9 Å². The minimum Gasteiger partial charge on any atom is -0.379 e. The van der Waals surface area contributed by atoms with Crippen molar-refractivity contribution in [3.05, 3.63) is 0 Å². The summed E-state index contributed by atoms with van der Waals surface area (Å²) in [5, 5.41) is 2.78. The van der Waals surface area contributed by atoms with E-state index in [0.717, 1.165) is 0 Å². The molecule has 0 aromatic carbocycles. The third-order valence-electron chi connectivity index (χ3n) is 1.43. The fraction of sp³-hybridized carbons (Fsp3) is 0.875. The van der Waals surface area contributed by atoms with Gasteiger partial charge < -0.3 is 15.8 Å². The van der Waals surface area contributed by atoms with Crippen LogP contribution < -0.4 is 11.1 Å². The van der Waals surface area contributed by atoms with Crippen LogP contribution >= 0.6 is 0 Å². The average molecular weight is 174 g/mol. The summed E-state index contributed by atoms with van der Waals surface area (Å²) in [5.74, 6) is 0.108. The number of amides is 1. The van der Waals surface area contributed by atoms with Gasteiger partial charge in [-0.15, -0.1) is 0 Å². The molecule has 0 rings (SSSR count). The Hall–Kier alpha value is -0.610. The van der Waals surface area contributed by atoms with Gasteiger partial charge in [0.2, 0.25) is 5.91 Å². The Balaban J connectivity index is 3.52. The highest BCUT2D eigenvalue weighted by Crippen LogP contribution is 1.93. The van der Waals surface area contributed by atoms with Crippen molar-refractivity contribution < 1.29 is 9.53 Å². The van der Waals surface area contributed by atoms with Crippen LogP contribution in [0.15, 0.2) is 0 Å². The van der Waals surface area contributed by atoms with Crippen LogP contribution in [0.2, 0.25) is 0 Å². The lowest BCUT2D eigenvalue weighted by molar-refractivity contribution is -0.121. The van der Waals surface area contributed by atoms with Gasteiger partial charge in [-0.25, -0.2) is 0 Å². The van der Waals surface area contributed by atoms with Gasteiger partial charge in [0.05, 0.1) is 6.61 Å². The maximum Gasteiger partial charge on any atom is 0.236 e. The molecule has 0 aromatic rings. The molecule has 1 unspecified atom stereocenters. The van der Waals surface area contributed by atoms with E-state index in [-0.39, 0.29) is 11.9 Å². The lowest BCUT2D eigenvalue weighted by atomic mass is 10.2. The molecule has 0 aromatic heterocycles. The van der Waals surface area contributed by atoms with E-state index in [1.165, 1.54) is 0 Å². The van der Waals surface area contributed by atoms with E-state index in [0.29, 0.717) is 19.1 Å². The van der Waals surface area contributed by atoms with Crippen molar-refractivity contribution >= 4 is 5.91 Å². The van der Waals surface area contributed by atoms with Crippen LogP contribution in [0, 0.1) is 5.92 Å². The summed E-state index contributed by atoms with van der Waals surface area (Å²) < 4.78 is 5.25. The zero-order valence-electron chi connectivity index (χ0n) is 7.96. The SMILES string of the molecule is CNC(COCC(C)C)C(N)=O. The summed E-state index contributed by atoms with van der Waals surface area (Å²) >= 11 is 0. The normalized spacial score (nSPS) is 13.3. The first-order valence-electron chi connectivity index (χ1n) is 4.12. The summed E-state index contributed by atoms with van der Waals surface area (Å²) in [6.07, 6.45) is 0. The van der Waals surface area contributed by atoms with E-state index in [9.17, 15) is 4.79 Å². The number of nitrogens with two attached hydrogens (primary N) is 1. The lowest BCUT2D eigenvalue weighted by Gasteiger charge is -2.13. The molecule has 0 radical (unpaired) electrons. The van der Waals surface area contributed by atoms with Crippen LogP contribution in [0.3, 0.4) is 0 Å². The number of carbonyl (C=O) groups excluding carboxylic acids is 1. The van der Waals surface area contributed by atoms with E-state index in [1.807, 2.05) is 0 Å². The van der Waals surface area contributed by atoms with Gasteiger partial charge >= 0.3 is 0 Å². The maximum atomic E-state index is 10.7. The minimum atomic E-state index is -0.374. The van der Waals surface area contributed by atoms with Crippen molar-refractivity contribution in [1.82, 2.24) is 5.32 Å². The molecule has 0 bridgehead atoms. The molecule has 0 spiro atoms. The van der Waals surface area contributed by atoms with Gasteiger partial charge in [-0.3, -0.25) is 4.79 Å². The molecule has 0 heterocycles. The van der Waals surface area contributed by atoms with Gasteiger partial charge in [-0.1, -0.05) is 13.8 Å². The first kappa shape index (κ1) is 11.4. The Morgan fingerprint density at radius 1 is 1.50 bits per heavy atom. The Morgan fingerprint density at radius 2 is 2.08 bits per heavy atom. The molecule has 3 N–H and O–H groups in total. The van der Waals surface area contributed by atoms with Gasteiger partial charge in [0.15, 0.2) is 0 Å². The molecule has 1 atom stereocenters. The molecule has 0 aliphatic heterocycles. The van der Waals surface area contributed by atoms with E-state index in [1.54, 1.807) is 7.05 Å². The molecule has 0 aliphatic carbocycles. The number of carbonyl (C=O) groups is 1. The van der Waals surface area contributed by atoms with E-state index < -0.39 is 0 Å². The molecule has 1 amide bonds. The molecule has 0 fully saturated rings. The molecule has 4 nitrogen and oxygen atoms in total. The zero-order chi connectivity index (χ0) is 9.56. The van der Waals surface area contributed by atoms with Crippen LogP contribution in [-0.4, -0.2) is 32.2 Å². The minimum absolute atomic E-state index is 0.351. The number of rotatable bonds is 6. The van der Waals surface area contributed by atoms with E-state index in [4.69, 9.17) is 10.5 Å². The highest BCUT2D eigenvalue weighted by molar-refractivity contribution is 5.79. The number of nitrogens with one attached hydrogen (secondary N) is 1. The first-order valence-corrected chi connectivity index (χ1v) is 4.12. The van der Waals surface area contributed by atoms with Gasteiger partial charge in [0.25, 0.3) is 0 Å². The van der Waals surface area contributed by atoms with E-state index in [2.05, 4.69) is 19.2 Å². The van der Waals surface area contributed by atoms with Crippen molar-refractivity contribution in [1.29, 1.82) is 0 Å². The number of primary amides is 1. The highest BCUT2D eigenvalue weighted by atomic mass is 16.5. The molecule has 0 saturated heterocycles. The molecule has 72 valence electrons. The quantitative estimate of drug-likeness (QED) is 0.582. The Kier molecular flexibility index (Phi) is 5.66. The predicted octanol–water partition coefficient (Wildman–Crippen LogP) is -0.268. The molecule has 4 heteroatoms. The largest absolute Gasteiger partial charge is 0.379 e. The van der Waals surface area contributed by atoms with Gasteiger partial charge in [-0.05, 0) is 13.0 Å². The topological polar surface area (TPSA) is 64.3 Å². The van der Waals surface area contributed by atoms with Crippen molar-refractivity contribution in [3.63, 3.8) is 0 Å². The summed E-state index contributed by atoms with van der Waals surface area (Å²) in [6.45, 7) is 5.12. The molecule has 0 saturated carbocycles. The fourth-order valence-electron chi connectivity index (χ4n) is 0.729. The van der Waals surface area contributed by atoms with Crippen LogP contribution in [-0.2, 0) is 9.53 Å². The Bertz CT molecular complexity index is 137. The summed E-state index contributed by atoms with van der Waals surface area (Å²) in [7, 11) is 1.69. The third kappa shape index (κ3) is 5.09. The number of likely N-dealkylation sites (N-methyl/N-ethyl adjacent to an activating group) is 1. The second-order valence-corrected chi connectivity index (χ2v) is 3.17. The number of hydrogen-bond donors (Lipinski definition) is 2. The van der Waals surface area contributed by atoms with Crippen molar-refractivity contribution in [3.8, 4) is 0 Å². The molecule has 12 heavy (non-hydrogen) atoms. The first-order chi connectivity index (χ1) is 5.57. The van der Waals surface area contributed by atoms with Crippen LogP contribution in [0.25, 0.3) is 0 Å². The smallest absolute Gasteiger partial charge is 0.236 e. The van der Waals surface area contributed by atoms with Crippen molar-refractivity contribution in [2.24, 2.45) is 11.7 Å². The summed E-state index contributed by atoms with van der Waals surface area (Å²) in [5.41, 5.74) is 5.08. The monoisotopic (exact) mass is 174 g/mol. The zero-order valence-corrected chi connectivity index (χ0v) is 7.96. The van der Waals surface area contributed by atoms with Crippen molar-refractivity contribution in [2.75, 3.05) is 20.3 Å². The maximum absolute atomic E-state index is 10.7. The van der Waals surface area contributed by atoms with E-state index >= 15 is 0 Å². The lowest BCUT2D eigenvalue weighted by Crippen LogP contribution is -2.42. The standard InChI is InChI=1S/C8H18N2O2/c1-6(2)4-12-5-7(10-3)8(9)11/h6-7,10H,4-5H2,1-3H3,(H2,9,11). The van der Waals surface area contributed by atoms with Crippen LogP contribution in [0.1, 0.15) is 13.8 Å².